The van der Waals surface area contributed by atoms with Crippen LogP contribution in [0.4, 0.5) is 11.6 Å². The smallest absolute Gasteiger partial charge is 0.256 e. The molecule has 0 radical (unpaired) electrons. The van der Waals surface area contributed by atoms with Crippen molar-refractivity contribution in [3.8, 4) is 0 Å². The fourth-order valence-electron chi connectivity index (χ4n) is 2.85. The molecule has 1 saturated heterocycles. The molecule has 1 aromatic carbocycles. The number of halogens is 1. The summed E-state index contributed by atoms with van der Waals surface area (Å²) in [5.41, 5.74) is 2.94. The van der Waals surface area contributed by atoms with Crippen molar-refractivity contribution in [1.82, 2.24) is 14.9 Å². The Labute approximate surface area is 161 Å². The molecular formula is C18H22IN5O. The Balaban J connectivity index is 1.81. The minimum absolute atomic E-state index is 0.132. The van der Waals surface area contributed by atoms with Crippen LogP contribution in [0.25, 0.3) is 0 Å². The number of aromatic nitrogens is 2. The number of hydrogen-bond acceptors (Lipinski definition) is 5. The van der Waals surface area contributed by atoms with E-state index in [0.29, 0.717) is 11.3 Å². The maximum Gasteiger partial charge on any atom is 0.256 e. The maximum absolute atomic E-state index is 12.6. The molecule has 25 heavy (non-hydrogen) atoms. The quantitative estimate of drug-likeness (QED) is 0.728. The lowest BCUT2D eigenvalue weighted by Crippen LogP contribution is -2.45. The predicted molar refractivity (Wildman–Crippen MR) is 108 cm³/mol. The second-order valence-corrected chi connectivity index (χ2v) is 7.46. The van der Waals surface area contributed by atoms with Crippen LogP contribution >= 0.6 is 22.6 Å². The normalized spacial score (nSPS) is 15.3. The SMILES string of the molecule is Cc1nc(N2CCN(C)CC2)nc(C)c1NC(=O)c1ccccc1I. The van der Waals surface area contributed by atoms with E-state index in [1.165, 1.54) is 0 Å². The van der Waals surface area contributed by atoms with Crippen LogP contribution in [0.15, 0.2) is 24.3 Å². The molecule has 0 unspecified atom stereocenters. The molecule has 2 aromatic rings. The van der Waals surface area contributed by atoms with Crippen LogP contribution in [0.3, 0.4) is 0 Å². The number of carbonyl (C=O) groups is 1. The lowest BCUT2D eigenvalue weighted by Gasteiger charge is -2.32. The first-order chi connectivity index (χ1) is 12.0. The van der Waals surface area contributed by atoms with Gasteiger partial charge in [-0.2, -0.15) is 0 Å². The van der Waals surface area contributed by atoms with E-state index in [1.807, 2.05) is 38.1 Å². The van der Waals surface area contributed by atoms with Crippen LogP contribution < -0.4 is 10.2 Å². The van der Waals surface area contributed by atoms with E-state index in [9.17, 15) is 4.79 Å². The summed E-state index contributed by atoms with van der Waals surface area (Å²) in [4.78, 5) is 26.3. The zero-order valence-electron chi connectivity index (χ0n) is 14.7. The third kappa shape index (κ3) is 4.09. The first-order valence-electron chi connectivity index (χ1n) is 8.30. The van der Waals surface area contributed by atoms with Gasteiger partial charge < -0.3 is 15.1 Å². The molecule has 2 heterocycles. The number of piperazine rings is 1. The molecule has 3 rings (SSSR count). The monoisotopic (exact) mass is 451 g/mol. The lowest BCUT2D eigenvalue weighted by molar-refractivity contribution is 0.102. The summed E-state index contributed by atoms with van der Waals surface area (Å²) in [5, 5.41) is 2.98. The average molecular weight is 451 g/mol. The summed E-state index contributed by atoms with van der Waals surface area (Å²) in [6.45, 7) is 7.69. The van der Waals surface area contributed by atoms with E-state index >= 15 is 0 Å². The van der Waals surface area contributed by atoms with Crippen molar-refractivity contribution < 1.29 is 4.79 Å². The van der Waals surface area contributed by atoms with Gasteiger partial charge in [0.25, 0.3) is 5.91 Å². The van der Waals surface area contributed by atoms with E-state index in [4.69, 9.17) is 0 Å². The van der Waals surface area contributed by atoms with Gasteiger partial charge in [0.2, 0.25) is 5.95 Å². The van der Waals surface area contributed by atoms with Gasteiger partial charge in [0, 0.05) is 29.7 Å². The number of nitrogens with one attached hydrogen (secondary N) is 1. The highest BCUT2D eigenvalue weighted by Crippen LogP contribution is 2.22. The van der Waals surface area contributed by atoms with Gasteiger partial charge >= 0.3 is 0 Å². The van der Waals surface area contributed by atoms with Crippen LogP contribution in [0, 0.1) is 17.4 Å². The highest BCUT2D eigenvalue weighted by atomic mass is 127. The number of amides is 1. The summed E-state index contributed by atoms with van der Waals surface area (Å²) >= 11 is 2.17. The van der Waals surface area contributed by atoms with Crippen LogP contribution in [0.5, 0.6) is 0 Å². The number of likely N-dealkylation sites (N-methyl/N-ethyl adjacent to an activating group) is 1. The average Bonchev–Trinajstić information content (AvgIpc) is 2.59. The summed E-state index contributed by atoms with van der Waals surface area (Å²) in [6.07, 6.45) is 0. The topological polar surface area (TPSA) is 61.4 Å². The Kier molecular flexibility index (Phi) is 5.53. The van der Waals surface area contributed by atoms with Gasteiger partial charge in [-0.15, -0.1) is 0 Å². The number of anilines is 2. The summed E-state index contributed by atoms with van der Waals surface area (Å²) in [6, 6.07) is 7.52. The third-order valence-corrected chi connectivity index (χ3v) is 5.34. The largest absolute Gasteiger partial charge is 0.338 e. The highest BCUT2D eigenvalue weighted by molar-refractivity contribution is 14.1. The minimum atomic E-state index is -0.132. The molecule has 1 aliphatic rings. The van der Waals surface area contributed by atoms with Crippen LogP contribution in [-0.4, -0.2) is 54.0 Å². The molecule has 0 aliphatic carbocycles. The number of aryl methyl sites for hydroxylation is 2. The predicted octanol–water partition coefficient (Wildman–Crippen LogP) is 2.70. The van der Waals surface area contributed by atoms with Gasteiger partial charge in [-0.3, -0.25) is 4.79 Å². The van der Waals surface area contributed by atoms with E-state index in [2.05, 4.69) is 54.7 Å². The number of benzene rings is 1. The van der Waals surface area contributed by atoms with Crippen molar-refractivity contribution in [2.45, 2.75) is 13.8 Å². The number of nitrogens with zero attached hydrogens (tertiary/aromatic N) is 4. The lowest BCUT2D eigenvalue weighted by atomic mass is 10.2. The van der Waals surface area contributed by atoms with Crippen molar-refractivity contribution in [3.05, 3.63) is 44.8 Å². The standard InChI is InChI=1S/C18H22IN5O/c1-12-16(22-17(25)14-6-4-5-7-15(14)19)13(2)21-18(20-12)24-10-8-23(3)9-11-24/h4-7H,8-11H2,1-3H3,(H,22,25). The van der Waals surface area contributed by atoms with E-state index in [-0.39, 0.29) is 5.91 Å². The van der Waals surface area contributed by atoms with Crippen LogP contribution in [0.1, 0.15) is 21.7 Å². The van der Waals surface area contributed by atoms with Gasteiger partial charge in [0.1, 0.15) is 0 Å². The van der Waals surface area contributed by atoms with Gasteiger partial charge in [-0.25, -0.2) is 9.97 Å². The highest BCUT2D eigenvalue weighted by Gasteiger charge is 2.20. The van der Waals surface area contributed by atoms with Crippen LogP contribution in [-0.2, 0) is 0 Å². The fraction of sp³-hybridized carbons (Fsp3) is 0.389. The molecule has 0 atom stereocenters. The molecule has 1 fully saturated rings. The summed E-state index contributed by atoms with van der Waals surface area (Å²) in [7, 11) is 2.12. The molecule has 132 valence electrons. The van der Waals surface area contributed by atoms with Crippen molar-refractivity contribution in [2.24, 2.45) is 0 Å². The Bertz CT molecular complexity index is 764. The first-order valence-corrected chi connectivity index (χ1v) is 9.38. The molecule has 0 saturated carbocycles. The molecule has 0 bridgehead atoms. The van der Waals surface area contributed by atoms with Crippen LogP contribution in [0.2, 0.25) is 0 Å². The number of hydrogen-bond donors (Lipinski definition) is 1. The van der Waals surface area contributed by atoms with E-state index in [1.54, 1.807) is 0 Å². The Morgan fingerprint density at radius 2 is 1.68 bits per heavy atom. The van der Waals surface area contributed by atoms with Crippen molar-refractivity contribution >= 4 is 40.1 Å². The molecule has 1 N–H and O–H groups in total. The summed E-state index contributed by atoms with van der Waals surface area (Å²) in [5.74, 6) is 0.613. The Hall–Kier alpha value is -1.74. The summed E-state index contributed by atoms with van der Waals surface area (Å²) < 4.78 is 0.919. The second kappa shape index (κ2) is 7.65. The fourth-order valence-corrected chi connectivity index (χ4v) is 3.49. The van der Waals surface area contributed by atoms with Crippen molar-refractivity contribution in [2.75, 3.05) is 43.4 Å². The van der Waals surface area contributed by atoms with Gasteiger partial charge in [0.15, 0.2) is 0 Å². The molecule has 6 nitrogen and oxygen atoms in total. The molecule has 1 aromatic heterocycles. The van der Waals surface area contributed by atoms with Crippen molar-refractivity contribution in [1.29, 1.82) is 0 Å². The molecule has 1 aliphatic heterocycles. The molecular weight excluding hydrogens is 429 g/mol. The van der Waals surface area contributed by atoms with Gasteiger partial charge in [0.05, 0.1) is 22.6 Å². The zero-order chi connectivity index (χ0) is 18.0. The Morgan fingerprint density at radius 1 is 1.08 bits per heavy atom. The molecule has 0 spiro atoms. The van der Waals surface area contributed by atoms with Gasteiger partial charge in [-0.1, -0.05) is 12.1 Å². The third-order valence-electron chi connectivity index (χ3n) is 4.40. The van der Waals surface area contributed by atoms with E-state index < -0.39 is 0 Å². The maximum atomic E-state index is 12.6. The first kappa shape index (κ1) is 18.1. The van der Waals surface area contributed by atoms with E-state index in [0.717, 1.165) is 47.1 Å². The molecule has 7 heteroatoms. The zero-order valence-corrected chi connectivity index (χ0v) is 16.9. The number of rotatable bonds is 3. The second-order valence-electron chi connectivity index (χ2n) is 6.29. The number of carbonyl (C=O) groups excluding carboxylic acids is 1. The van der Waals surface area contributed by atoms with Crippen molar-refractivity contribution in [3.63, 3.8) is 0 Å². The Morgan fingerprint density at radius 3 is 2.28 bits per heavy atom. The molecule has 1 amide bonds. The minimum Gasteiger partial charge on any atom is -0.338 e. The van der Waals surface area contributed by atoms with Gasteiger partial charge in [-0.05, 0) is 55.6 Å².